The Balaban J connectivity index is 1.67. The number of aromatic nitrogens is 1. The van der Waals surface area contributed by atoms with Crippen LogP contribution in [0.25, 0.3) is 0 Å². The fourth-order valence-corrected chi connectivity index (χ4v) is 5.24. The molecule has 0 atom stereocenters. The summed E-state index contributed by atoms with van der Waals surface area (Å²) in [5.74, 6) is -0.0714. The molecule has 1 fully saturated rings. The highest BCUT2D eigenvalue weighted by atomic mass is 32.2. The topological polar surface area (TPSA) is 82.6 Å². The molecule has 7 nitrogen and oxygen atoms in total. The highest BCUT2D eigenvalue weighted by Crippen LogP contribution is 2.22. The van der Waals surface area contributed by atoms with Crippen LogP contribution in [0, 0.1) is 6.92 Å². The lowest BCUT2D eigenvalue weighted by atomic mass is 10.2. The Kier molecular flexibility index (Phi) is 6.36. The molecule has 0 bridgehead atoms. The van der Waals surface area contributed by atoms with Crippen molar-refractivity contribution in [1.29, 1.82) is 0 Å². The molecule has 2 heterocycles. The molecule has 152 valence electrons. The van der Waals surface area contributed by atoms with E-state index in [4.69, 9.17) is 0 Å². The maximum Gasteiger partial charge on any atom is 0.253 e. The van der Waals surface area contributed by atoms with Crippen molar-refractivity contribution in [3.8, 4) is 0 Å². The summed E-state index contributed by atoms with van der Waals surface area (Å²) in [5, 5.41) is 3.03. The first-order valence-electron chi connectivity index (χ1n) is 9.35. The van der Waals surface area contributed by atoms with E-state index in [1.807, 2.05) is 17.2 Å². The smallest absolute Gasteiger partial charge is 0.253 e. The van der Waals surface area contributed by atoms with Crippen LogP contribution < -0.4 is 9.62 Å². The molecule has 1 aromatic heterocycles. The standard InChI is InChI=1S/C19H26N4O3S2/c1-14(2)21-28(25,26)17-7-5-16(6-8-17)18(24)22-9-4-10-23(12-11-22)19-20-15(3)13-27-19/h5-8,13-14,21H,4,9-12H2,1-3H3. The molecule has 2 aromatic rings. The zero-order chi connectivity index (χ0) is 20.3. The van der Waals surface area contributed by atoms with Gasteiger partial charge in [0.1, 0.15) is 0 Å². The summed E-state index contributed by atoms with van der Waals surface area (Å²) < 4.78 is 27.0. The van der Waals surface area contributed by atoms with Gasteiger partial charge in [-0.05, 0) is 51.5 Å². The third-order valence-electron chi connectivity index (χ3n) is 4.46. The van der Waals surface area contributed by atoms with Crippen molar-refractivity contribution in [2.75, 3.05) is 31.1 Å². The van der Waals surface area contributed by atoms with E-state index >= 15 is 0 Å². The summed E-state index contributed by atoms with van der Waals surface area (Å²) >= 11 is 1.63. The molecule has 0 spiro atoms. The third kappa shape index (κ3) is 4.89. The molecule has 1 aliphatic heterocycles. The molecule has 1 amide bonds. The molecular formula is C19H26N4O3S2. The largest absolute Gasteiger partial charge is 0.346 e. The number of amides is 1. The van der Waals surface area contributed by atoms with Gasteiger partial charge in [0.15, 0.2) is 5.13 Å². The minimum atomic E-state index is -3.56. The van der Waals surface area contributed by atoms with Gasteiger partial charge < -0.3 is 9.80 Å². The Labute approximate surface area is 170 Å². The van der Waals surface area contributed by atoms with E-state index in [0.29, 0.717) is 18.7 Å². The lowest BCUT2D eigenvalue weighted by molar-refractivity contribution is 0.0767. The van der Waals surface area contributed by atoms with Crippen LogP contribution in [-0.2, 0) is 10.0 Å². The number of hydrogen-bond donors (Lipinski definition) is 1. The van der Waals surface area contributed by atoms with Crippen molar-refractivity contribution in [2.24, 2.45) is 0 Å². The zero-order valence-corrected chi connectivity index (χ0v) is 18.0. The third-order valence-corrected chi connectivity index (χ3v) is 7.16. The Morgan fingerprint density at radius 3 is 2.46 bits per heavy atom. The quantitative estimate of drug-likeness (QED) is 0.801. The number of benzene rings is 1. The molecule has 0 unspecified atom stereocenters. The SMILES string of the molecule is Cc1csc(N2CCCN(C(=O)c3ccc(S(=O)(=O)NC(C)C)cc3)CC2)n1. The number of aryl methyl sites for hydroxylation is 1. The first-order valence-corrected chi connectivity index (χ1v) is 11.7. The number of carbonyl (C=O) groups is 1. The Bertz CT molecular complexity index is 923. The first kappa shape index (κ1) is 20.8. The van der Waals surface area contributed by atoms with Crippen LogP contribution in [-0.4, -0.2) is 56.4 Å². The highest BCUT2D eigenvalue weighted by molar-refractivity contribution is 7.89. The molecular weight excluding hydrogens is 396 g/mol. The maximum absolute atomic E-state index is 12.9. The fraction of sp³-hybridized carbons (Fsp3) is 0.474. The summed E-state index contributed by atoms with van der Waals surface area (Å²) in [6, 6.07) is 5.96. The molecule has 1 aromatic carbocycles. The van der Waals surface area contributed by atoms with Crippen LogP contribution in [0.1, 0.15) is 36.3 Å². The van der Waals surface area contributed by atoms with Gasteiger partial charge in [-0.2, -0.15) is 0 Å². The predicted molar refractivity (Wildman–Crippen MR) is 111 cm³/mol. The van der Waals surface area contributed by atoms with Crippen molar-refractivity contribution >= 4 is 32.4 Å². The minimum Gasteiger partial charge on any atom is -0.346 e. The van der Waals surface area contributed by atoms with E-state index in [1.54, 1.807) is 37.3 Å². The van der Waals surface area contributed by atoms with Gasteiger partial charge in [-0.15, -0.1) is 11.3 Å². The van der Waals surface area contributed by atoms with E-state index in [9.17, 15) is 13.2 Å². The number of rotatable bonds is 5. The number of thiazole rings is 1. The van der Waals surface area contributed by atoms with Crippen LogP contribution in [0.4, 0.5) is 5.13 Å². The van der Waals surface area contributed by atoms with Crippen LogP contribution in [0.15, 0.2) is 34.5 Å². The molecule has 28 heavy (non-hydrogen) atoms. The first-order chi connectivity index (χ1) is 13.3. The molecule has 1 N–H and O–H groups in total. The Morgan fingerprint density at radius 1 is 1.14 bits per heavy atom. The van der Waals surface area contributed by atoms with Gasteiger partial charge in [0.25, 0.3) is 5.91 Å². The van der Waals surface area contributed by atoms with Crippen molar-refractivity contribution in [3.63, 3.8) is 0 Å². The lowest BCUT2D eigenvalue weighted by Crippen LogP contribution is -2.35. The maximum atomic E-state index is 12.9. The molecule has 1 aliphatic rings. The normalized spacial score (nSPS) is 15.7. The molecule has 0 radical (unpaired) electrons. The number of sulfonamides is 1. The van der Waals surface area contributed by atoms with E-state index in [2.05, 4.69) is 14.6 Å². The van der Waals surface area contributed by atoms with Crippen molar-refractivity contribution < 1.29 is 13.2 Å². The fourth-order valence-electron chi connectivity index (χ4n) is 3.14. The van der Waals surface area contributed by atoms with Crippen molar-refractivity contribution in [2.45, 2.75) is 38.1 Å². The molecule has 0 aliphatic carbocycles. The molecule has 3 rings (SSSR count). The second kappa shape index (κ2) is 8.59. The van der Waals surface area contributed by atoms with Crippen LogP contribution in [0.5, 0.6) is 0 Å². The number of nitrogens with zero attached hydrogens (tertiary/aromatic N) is 3. The number of nitrogens with one attached hydrogen (secondary N) is 1. The predicted octanol–water partition coefficient (Wildman–Crippen LogP) is 2.49. The summed E-state index contributed by atoms with van der Waals surface area (Å²) in [7, 11) is -3.56. The van der Waals surface area contributed by atoms with Gasteiger partial charge in [0.05, 0.1) is 10.6 Å². The lowest BCUT2D eigenvalue weighted by Gasteiger charge is -2.22. The van der Waals surface area contributed by atoms with Gasteiger partial charge in [-0.1, -0.05) is 0 Å². The number of carbonyl (C=O) groups excluding carboxylic acids is 1. The second-order valence-electron chi connectivity index (χ2n) is 7.20. The summed E-state index contributed by atoms with van der Waals surface area (Å²) in [6.45, 7) is 8.42. The van der Waals surface area contributed by atoms with Crippen LogP contribution in [0.3, 0.4) is 0 Å². The minimum absolute atomic E-state index is 0.0714. The van der Waals surface area contributed by atoms with Gasteiger partial charge in [-0.25, -0.2) is 18.1 Å². The summed E-state index contributed by atoms with van der Waals surface area (Å²) in [6.07, 6.45) is 0.870. The number of anilines is 1. The van der Waals surface area contributed by atoms with E-state index in [0.717, 1.165) is 30.3 Å². The second-order valence-corrected chi connectivity index (χ2v) is 9.76. The molecule has 1 saturated heterocycles. The zero-order valence-electron chi connectivity index (χ0n) is 16.4. The van der Waals surface area contributed by atoms with Gasteiger partial charge in [-0.3, -0.25) is 4.79 Å². The highest BCUT2D eigenvalue weighted by Gasteiger charge is 2.22. The summed E-state index contributed by atoms with van der Waals surface area (Å²) in [4.78, 5) is 21.6. The Morgan fingerprint density at radius 2 is 1.86 bits per heavy atom. The van der Waals surface area contributed by atoms with Gasteiger partial charge in [0, 0.05) is 43.2 Å². The van der Waals surface area contributed by atoms with E-state index in [-0.39, 0.29) is 16.8 Å². The van der Waals surface area contributed by atoms with Crippen molar-refractivity contribution in [1.82, 2.24) is 14.6 Å². The van der Waals surface area contributed by atoms with Crippen LogP contribution >= 0.6 is 11.3 Å². The summed E-state index contributed by atoms with van der Waals surface area (Å²) in [5.41, 5.74) is 1.52. The number of hydrogen-bond acceptors (Lipinski definition) is 6. The monoisotopic (exact) mass is 422 g/mol. The average molecular weight is 423 g/mol. The molecule has 9 heteroatoms. The molecule has 0 saturated carbocycles. The van der Waals surface area contributed by atoms with Crippen molar-refractivity contribution in [3.05, 3.63) is 40.9 Å². The van der Waals surface area contributed by atoms with E-state index in [1.165, 1.54) is 12.1 Å². The van der Waals surface area contributed by atoms with Crippen LogP contribution in [0.2, 0.25) is 0 Å². The Hall–Kier alpha value is -1.97. The average Bonchev–Trinajstić information content (AvgIpc) is 2.92. The van der Waals surface area contributed by atoms with E-state index < -0.39 is 10.0 Å². The van der Waals surface area contributed by atoms with Gasteiger partial charge >= 0.3 is 0 Å². The van der Waals surface area contributed by atoms with Gasteiger partial charge in [0.2, 0.25) is 10.0 Å².